The average Bonchev–Trinajstić information content (AvgIpc) is 3.63. The lowest BCUT2D eigenvalue weighted by atomic mass is 9.98. The van der Waals surface area contributed by atoms with Crippen molar-refractivity contribution in [2.75, 3.05) is 199 Å². The van der Waals surface area contributed by atoms with E-state index in [9.17, 15) is 9.59 Å². The largest absolute Gasteiger partial charge is 0.467 e. The molecule has 358 valence electrons. The molecule has 18 nitrogen and oxygen atoms in total. The molecule has 0 radical (unpaired) electrons. The van der Waals surface area contributed by atoms with Crippen molar-refractivity contribution < 1.29 is 80.6 Å². The minimum atomic E-state index is -0.413. The maximum Gasteiger partial charge on any atom is 0.409 e. The number of hydrogen-bond donors (Lipinski definition) is 0. The number of likely N-dealkylation sites (N-methyl/N-ethyl adjacent to an activating group) is 1. The Morgan fingerprint density at radius 2 is 0.714 bits per heavy atom. The molecule has 18 heteroatoms. The molecule has 0 saturated heterocycles. The van der Waals surface area contributed by atoms with Crippen LogP contribution in [0.15, 0.2) is 48.5 Å². The van der Waals surface area contributed by atoms with Gasteiger partial charge in [0.2, 0.25) is 0 Å². The molecule has 0 atom stereocenters. The summed E-state index contributed by atoms with van der Waals surface area (Å²) in [5.74, 6) is -0.380. The van der Waals surface area contributed by atoms with E-state index >= 15 is 0 Å². The second-order valence-electron chi connectivity index (χ2n) is 13.7. The number of methoxy groups -OCH3 is 1. The fourth-order valence-corrected chi connectivity index (χ4v) is 5.85. The van der Waals surface area contributed by atoms with E-state index in [1.165, 1.54) is 34.3 Å². The summed E-state index contributed by atoms with van der Waals surface area (Å²) in [5.41, 5.74) is 4.78. The topological polar surface area (TPSA) is 176 Å². The summed E-state index contributed by atoms with van der Waals surface area (Å²) in [6.07, 6.45) is -0.369. The van der Waals surface area contributed by atoms with E-state index in [2.05, 4.69) is 29.0 Å². The monoisotopic (exact) mass is 897 g/mol. The normalized spacial score (nSPS) is 12.1. The van der Waals surface area contributed by atoms with Crippen LogP contribution < -0.4 is 0 Å². The van der Waals surface area contributed by atoms with Gasteiger partial charge in [0.1, 0.15) is 13.2 Å². The number of fused-ring (bicyclic) bond motifs is 3. The summed E-state index contributed by atoms with van der Waals surface area (Å²) in [7, 11) is 3.02. The van der Waals surface area contributed by atoms with Gasteiger partial charge in [0.15, 0.2) is 0 Å². The quantitative estimate of drug-likeness (QED) is 0.0700. The predicted octanol–water partition coefficient (Wildman–Crippen LogP) is 3.26. The Morgan fingerprint density at radius 1 is 0.429 bits per heavy atom. The first-order chi connectivity index (χ1) is 31.1. The van der Waals surface area contributed by atoms with E-state index < -0.39 is 5.97 Å². The minimum absolute atomic E-state index is 0.0326. The lowest BCUT2D eigenvalue weighted by molar-refractivity contribution is -0.146. The van der Waals surface area contributed by atoms with Crippen LogP contribution in [-0.2, 0) is 75.8 Å². The first kappa shape index (κ1) is 54.0. The van der Waals surface area contributed by atoms with E-state index in [4.69, 9.17) is 66.3 Å². The van der Waals surface area contributed by atoms with Gasteiger partial charge in [-0.3, -0.25) is 0 Å². The van der Waals surface area contributed by atoms with Gasteiger partial charge in [-0.25, -0.2) is 9.59 Å². The Labute approximate surface area is 372 Å². The van der Waals surface area contributed by atoms with Crippen molar-refractivity contribution in [1.29, 1.82) is 0 Å². The van der Waals surface area contributed by atoms with Gasteiger partial charge in [0.25, 0.3) is 0 Å². The van der Waals surface area contributed by atoms with Crippen LogP contribution in [0.3, 0.4) is 0 Å². The number of nitrogens with zero attached hydrogens (tertiary/aromatic N) is 1. The minimum Gasteiger partial charge on any atom is -0.467 e. The predicted molar refractivity (Wildman–Crippen MR) is 230 cm³/mol. The van der Waals surface area contributed by atoms with E-state index in [0.717, 1.165) is 0 Å². The molecule has 0 aliphatic heterocycles. The number of amides is 1. The number of ether oxygens (including phenoxy) is 15. The zero-order chi connectivity index (χ0) is 44.7. The third-order valence-corrected chi connectivity index (χ3v) is 9.13. The third kappa shape index (κ3) is 26.3. The zero-order valence-electron chi connectivity index (χ0n) is 37.4. The highest BCUT2D eigenvalue weighted by Gasteiger charge is 2.29. The number of benzene rings is 2. The molecule has 0 spiro atoms. The average molecular weight is 898 g/mol. The van der Waals surface area contributed by atoms with E-state index in [-0.39, 0.29) is 18.6 Å². The highest BCUT2D eigenvalue weighted by Crippen LogP contribution is 2.44. The molecule has 63 heavy (non-hydrogen) atoms. The summed E-state index contributed by atoms with van der Waals surface area (Å²) in [6, 6.07) is 16.6. The molecule has 0 saturated carbocycles. The molecule has 0 bridgehead atoms. The Hall–Kier alpha value is -3.34. The van der Waals surface area contributed by atoms with Crippen LogP contribution >= 0.6 is 0 Å². The second-order valence-corrected chi connectivity index (χ2v) is 13.7. The van der Waals surface area contributed by atoms with Crippen molar-refractivity contribution in [3.05, 3.63) is 59.7 Å². The number of carbonyl (C=O) groups excluding carboxylic acids is 2. The van der Waals surface area contributed by atoms with Gasteiger partial charge in [-0.15, -0.1) is 0 Å². The fourth-order valence-electron chi connectivity index (χ4n) is 5.85. The van der Waals surface area contributed by atoms with Crippen LogP contribution in [0.5, 0.6) is 0 Å². The number of carbonyl (C=O) groups is 2. The number of hydrogen-bond acceptors (Lipinski definition) is 17. The lowest BCUT2D eigenvalue weighted by Crippen LogP contribution is -2.32. The maximum absolute atomic E-state index is 12.6. The Morgan fingerprint density at radius 3 is 1.03 bits per heavy atom. The van der Waals surface area contributed by atoms with Gasteiger partial charge in [-0.05, 0) is 22.3 Å². The van der Waals surface area contributed by atoms with Gasteiger partial charge in [0, 0.05) is 19.5 Å². The molecule has 0 unspecified atom stereocenters. The standard InChI is InChI=1S/C45H71NO17/c1-46(45(48)63-37-43-41-9-5-3-7-39(41)40-8-4-6-10-42(40)43)11-12-50-13-14-51-15-16-52-17-18-53-19-20-54-21-22-55-23-24-56-25-26-57-27-28-58-29-30-59-31-32-60-33-34-61-35-36-62-38-44(47)49-2/h3-10,43H,11-38H2,1-2H3. The molecule has 2 aromatic rings. The van der Waals surface area contributed by atoms with Crippen molar-refractivity contribution >= 4 is 12.1 Å². The number of esters is 1. The van der Waals surface area contributed by atoms with E-state index in [1.54, 1.807) is 7.05 Å². The molecular weight excluding hydrogens is 826 g/mol. The van der Waals surface area contributed by atoms with E-state index in [0.29, 0.717) is 178 Å². The Bertz CT molecular complexity index is 1380. The third-order valence-electron chi connectivity index (χ3n) is 9.13. The molecular formula is C45H71NO17. The second kappa shape index (κ2) is 38.0. The maximum atomic E-state index is 12.6. The van der Waals surface area contributed by atoms with Crippen LogP contribution in [0.1, 0.15) is 17.0 Å². The van der Waals surface area contributed by atoms with Crippen LogP contribution in [0, 0.1) is 0 Å². The SMILES string of the molecule is COC(=O)COCCOCCOCCOCCOCCOCCOCCOCCOCCOCCOCCOCCOCCN(C)C(=O)OCC1c2ccccc2-c2ccccc21. The summed E-state index contributed by atoms with van der Waals surface area (Å²) >= 11 is 0. The van der Waals surface area contributed by atoms with Crippen molar-refractivity contribution in [2.24, 2.45) is 0 Å². The van der Waals surface area contributed by atoms with Gasteiger partial charge in [0.05, 0.1) is 172 Å². The highest BCUT2D eigenvalue weighted by atomic mass is 16.6. The van der Waals surface area contributed by atoms with Gasteiger partial charge < -0.3 is 76.0 Å². The summed E-state index contributed by atoms with van der Waals surface area (Å²) in [4.78, 5) is 25.0. The van der Waals surface area contributed by atoms with Crippen molar-refractivity contribution in [3.8, 4) is 11.1 Å². The smallest absolute Gasteiger partial charge is 0.409 e. The molecule has 0 N–H and O–H groups in total. The van der Waals surface area contributed by atoms with Crippen LogP contribution in [0.4, 0.5) is 4.79 Å². The Balaban J connectivity index is 0.929. The highest BCUT2D eigenvalue weighted by molar-refractivity contribution is 5.79. The molecule has 0 fully saturated rings. The van der Waals surface area contributed by atoms with Crippen LogP contribution in [-0.4, -0.2) is 216 Å². The summed E-state index contributed by atoms with van der Waals surface area (Å²) in [5, 5.41) is 0. The first-order valence-corrected chi connectivity index (χ1v) is 21.7. The van der Waals surface area contributed by atoms with Gasteiger partial charge in [-0.2, -0.15) is 0 Å². The molecule has 1 aliphatic carbocycles. The summed E-state index contributed by atoms with van der Waals surface area (Å²) < 4.78 is 81.1. The van der Waals surface area contributed by atoms with Crippen LogP contribution in [0.2, 0.25) is 0 Å². The summed E-state index contributed by atoms with van der Waals surface area (Å²) in [6.45, 7) is 12.0. The first-order valence-electron chi connectivity index (χ1n) is 21.7. The van der Waals surface area contributed by atoms with Crippen molar-refractivity contribution in [3.63, 3.8) is 0 Å². The molecule has 0 aromatic heterocycles. The van der Waals surface area contributed by atoms with Gasteiger partial charge >= 0.3 is 12.1 Å². The Kier molecular flexibility index (Phi) is 32.6. The van der Waals surface area contributed by atoms with Crippen LogP contribution in [0.25, 0.3) is 11.1 Å². The van der Waals surface area contributed by atoms with Crippen molar-refractivity contribution in [2.45, 2.75) is 5.92 Å². The molecule has 1 aliphatic rings. The molecule has 1 amide bonds. The number of rotatable bonds is 43. The molecule has 3 rings (SSSR count). The molecule has 2 aromatic carbocycles. The van der Waals surface area contributed by atoms with Gasteiger partial charge in [-0.1, -0.05) is 48.5 Å². The van der Waals surface area contributed by atoms with E-state index in [1.807, 2.05) is 24.3 Å². The zero-order valence-corrected chi connectivity index (χ0v) is 37.4. The molecule has 0 heterocycles. The lowest BCUT2D eigenvalue weighted by Gasteiger charge is -2.19. The fraction of sp³-hybridized carbons (Fsp3) is 0.689. The van der Waals surface area contributed by atoms with Crippen molar-refractivity contribution in [1.82, 2.24) is 4.90 Å².